The fourth-order valence-electron chi connectivity index (χ4n) is 4.90. The van der Waals surface area contributed by atoms with E-state index in [9.17, 15) is 18.8 Å². The third kappa shape index (κ3) is 7.74. The van der Waals surface area contributed by atoms with Gasteiger partial charge in [0.25, 0.3) is 0 Å². The number of fused-ring (bicyclic) bond motifs is 1. The van der Waals surface area contributed by atoms with E-state index in [-0.39, 0.29) is 35.9 Å². The van der Waals surface area contributed by atoms with Crippen LogP contribution in [0.2, 0.25) is 0 Å². The first-order valence-electron chi connectivity index (χ1n) is 14.0. The minimum atomic E-state index is -0.823. The number of likely N-dealkylation sites (N-methyl/N-ethyl adjacent to an activating group) is 1. The highest BCUT2D eigenvalue weighted by molar-refractivity contribution is 9.10. The molecule has 238 valence electrons. The number of halogens is 3. The van der Waals surface area contributed by atoms with Crippen molar-refractivity contribution in [2.24, 2.45) is 5.41 Å². The molecule has 3 atom stereocenters. The highest BCUT2D eigenvalue weighted by Crippen LogP contribution is 2.35. The van der Waals surface area contributed by atoms with Gasteiger partial charge in [-0.15, -0.1) is 12.4 Å². The minimum absolute atomic E-state index is 0. The SMILES string of the molecule is CNC(C)C(=O)NC(C(=O)N1CCCC1C(=O)Nc1cc2c(Nc3ccc(F)cc3Br)ncnc2cc1OC)C(C)(C)C.Cl. The van der Waals surface area contributed by atoms with Gasteiger partial charge in [0.05, 0.1) is 30.0 Å². The number of nitrogens with one attached hydrogen (secondary N) is 4. The molecule has 1 aromatic heterocycles. The Balaban J connectivity index is 0.00000529. The van der Waals surface area contributed by atoms with Crippen LogP contribution in [-0.2, 0) is 14.4 Å². The Bertz CT molecular complexity index is 1540. The van der Waals surface area contributed by atoms with Gasteiger partial charge in [0.15, 0.2) is 0 Å². The standard InChI is InChI=1S/C30H37BrFN7O4.ClH/c1-16(33-5)27(40)38-25(30(2,3)4)29(42)39-11-7-8-23(39)28(41)37-22-13-18-21(14-24(22)43-6)34-15-35-26(18)36-20-10-9-17(32)12-19(20)31;/h9-10,12-16,23,25,33H,7-8,11H2,1-6H3,(H,37,41)(H,38,40)(H,34,35,36);1H. The predicted molar refractivity (Wildman–Crippen MR) is 174 cm³/mol. The number of ether oxygens (including phenoxy) is 1. The third-order valence-corrected chi connectivity index (χ3v) is 8.12. The van der Waals surface area contributed by atoms with Gasteiger partial charge in [-0.1, -0.05) is 20.8 Å². The second-order valence-electron chi connectivity index (χ2n) is 11.5. The number of hydrogen-bond acceptors (Lipinski definition) is 8. The molecule has 0 saturated carbocycles. The van der Waals surface area contributed by atoms with E-state index < -0.39 is 23.5 Å². The summed E-state index contributed by atoms with van der Waals surface area (Å²) >= 11 is 3.36. The van der Waals surface area contributed by atoms with E-state index in [0.717, 1.165) is 0 Å². The number of aromatic nitrogens is 2. The van der Waals surface area contributed by atoms with Crippen LogP contribution < -0.4 is 26.0 Å². The summed E-state index contributed by atoms with van der Waals surface area (Å²) in [4.78, 5) is 50.4. The number of hydrogen-bond donors (Lipinski definition) is 4. The maximum Gasteiger partial charge on any atom is 0.247 e. The molecule has 0 aliphatic carbocycles. The lowest BCUT2D eigenvalue weighted by molar-refractivity contribution is -0.143. The zero-order valence-corrected chi connectivity index (χ0v) is 27.9. The van der Waals surface area contributed by atoms with Crippen LogP contribution in [-0.4, -0.2) is 71.4 Å². The Morgan fingerprint density at radius 1 is 1.14 bits per heavy atom. The van der Waals surface area contributed by atoms with Crippen molar-refractivity contribution in [1.82, 2.24) is 25.5 Å². The molecule has 44 heavy (non-hydrogen) atoms. The lowest BCUT2D eigenvalue weighted by Crippen LogP contribution is -2.59. The fourth-order valence-corrected chi connectivity index (χ4v) is 5.35. The summed E-state index contributed by atoms with van der Waals surface area (Å²) < 4.78 is 19.7. The first-order chi connectivity index (χ1) is 20.3. The Hall–Kier alpha value is -3.55. The van der Waals surface area contributed by atoms with Gasteiger partial charge in [0.1, 0.15) is 35.8 Å². The van der Waals surface area contributed by atoms with E-state index in [1.54, 1.807) is 37.1 Å². The number of nitrogens with zero attached hydrogens (tertiary/aromatic N) is 3. The summed E-state index contributed by atoms with van der Waals surface area (Å²) in [6, 6.07) is 5.59. The van der Waals surface area contributed by atoms with E-state index in [1.807, 2.05) is 20.8 Å². The largest absolute Gasteiger partial charge is 0.494 e. The van der Waals surface area contributed by atoms with Crippen molar-refractivity contribution in [2.75, 3.05) is 31.3 Å². The average Bonchev–Trinajstić information content (AvgIpc) is 3.46. The molecule has 1 saturated heterocycles. The summed E-state index contributed by atoms with van der Waals surface area (Å²) in [5.41, 5.74) is 0.933. The Morgan fingerprint density at radius 2 is 1.86 bits per heavy atom. The van der Waals surface area contributed by atoms with Crippen molar-refractivity contribution in [2.45, 2.75) is 58.7 Å². The molecule has 1 aliphatic heterocycles. The van der Waals surface area contributed by atoms with Gasteiger partial charge in [-0.25, -0.2) is 14.4 Å². The topological polar surface area (TPSA) is 138 Å². The highest BCUT2D eigenvalue weighted by atomic mass is 79.9. The van der Waals surface area contributed by atoms with E-state index >= 15 is 0 Å². The van der Waals surface area contributed by atoms with Gasteiger partial charge in [0.2, 0.25) is 17.7 Å². The fraction of sp³-hybridized carbons (Fsp3) is 0.433. The molecule has 3 unspecified atom stereocenters. The Kier molecular flexibility index (Phi) is 11.5. The predicted octanol–water partition coefficient (Wildman–Crippen LogP) is 4.77. The number of methoxy groups -OCH3 is 1. The van der Waals surface area contributed by atoms with Crippen LogP contribution in [0, 0.1) is 11.2 Å². The molecule has 4 rings (SSSR count). The molecule has 4 N–H and O–H groups in total. The molecular weight excluding hydrogens is 657 g/mol. The molecule has 14 heteroatoms. The van der Waals surface area contributed by atoms with Gasteiger partial charge in [0, 0.05) is 22.5 Å². The molecule has 1 fully saturated rings. The van der Waals surface area contributed by atoms with Crippen molar-refractivity contribution in [3.05, 3.63) is 46.9 Å². The molecule has 3 amide bonds. The van der Waals surface area contributed by atoms with Crippen molar-refractivity contribution in [1.29, 1.82) is 0 Å². The van der Waals surface area contributed by atoms with Gasteiger partial charge in [-0.05, 0) is 72.4 Å². The van der Waals surface area contributed by atoms with Gasteiger partial charge >= 0.3 is 0 Å². The third-order valence-electron chi connectivity index (χ3n) is 7.46. The average molecular weight is 695 g/mol. The van der Waals surface area contributed by atoms with Crippen LogP contribution in [0.15, 0.2) is 41.1 Å². The second-order valence-corrected chi connectivity index (χ2v) is 12.4. The van der Waals surface area contributed by atoms with Crippen LogP contribution in [0.5, 0.6) is 5.75 Å². The van der Waals surface area contributed by atoms with Crippen molar-refractivity contribution < 1.29 is 23.5 Å². The number of amides is 3. The maximum atomic E-state index is 13.8. The Labute approximate surface area is 270 Å². The number of benzene rings is 2. The molecule has 11 nitrogen and oxygen atoms in total. The van der Waals surface area contributed by atoms with Crippen LogP contribution in [0.1, 0.15) is 40.5 Å². The van der Waals surface area contributed by atoms with Crippen molar-refractivity contribution in [3.63, 3.8) is 0 Å². The quantitative estimate of drug-likeness (QED) is 0.252. The number of carbonyl (C=O) groups is 3. The number of anilines is 3. The summed E-state index contributed by atoms with van der Waals surface area (Å²) in [5.74, 6) is -0.548. The first-order valence-corrected chi connectivity index (χ1v) is 14.8. The first kappa shape index (κ1) is 34.9. The molecular formula is C30H38BrClFN7O4. The summed E-state index contributed by atoms with van der Waals surface area (Å²) in [6.45, 7) is 7.74. The minimum Gasteiger partial charge on any atom is -0.494 e. The number of carbonyl (C=O) groups excluding carboxylic acids is 3. The van der Waals surface area contributed by atoms with Crippen LogP contribution >= 0.6 is 28.3 Å². The molecule has 0 spiro atoms. The molecule has 2 aromatic carbocycles. The summed E-state index contributed by atoms with van der Waals surface area (Å²) in [7, 11) is 3.16. The zero-order chi connectivity index (χ0) is 31.5. The molecule has 2 heterocycles. The molecule has 0 radical (unpaired) electrons. The van der Waals surface area contributed by atoms with Crippen LogP contribution in [0.4, 0.5) is 21.6 Å². The van der Waals surface area contributed by atoms with Crippen LogP contribution in [0.3, 0.4) is 0 Å². The van der Waals surface area contributed by atoms with Gasteiger partial charge < -0.3 is 30.9 Å². The maximum absolute atomic E-state index is 13.8. The van der Waals surface area contributed by atoms with E-state index in [2.05, 4.69) is 47.2 Å². The molecule has 3 aromatic rings. The van der Waals surface area contributed by atoms with E-state index in [1.165, 1.54) is 25.6 Å². The lowest BCUT2D eigenvalue weighted by Gasteiger charge is -2.36. The summed E-state index contributed by atoms with van der Waals surface area (Å²) in [6.07, 6.45) is 2.51. The second kappa shape index (κ2) is 14.5. The Morgan fingerprint density at radius 3 is 2.50 bits per heavy atom. The normalized spacial score (nSPS) is 16.1. The van der Waals surface area contributed by atoms with E-state index in [0.29, 0.717) is 57.7 Å². The number of rotatable bonds is 9. The van der Waals surface area contributed by atoms with Crippen LogP contribution in [0.25, 0.3) is 10.9 Å². The van der Waals surface area contributed by atoms with Crippen molar-refractivity contribution >= 4 is 74.2 Å². The molecule has 1 aliphatic rings. The smallest absolute Gasteiger partial charge is 0.247 e. The zero-order valence-electron chi connectivity index (χ0n) is 25.5. The van der Waals surface area contributed by atoms with Crippen molar-refractivity contribution in [3.8, 4) is 5.75 Å². The van der Waals surface area contributed by atoms with Gasteiger partial charge in [-0.2, -0.15) is 0 Å². The lowest BCUT2D eigenvalue weighted by atomic mass is 9.85. The summed E-state index contributed by atoms with van der Waals surface area (Å²) in [5, 5.41) is 12.5. The monoisotopic (exact) mass is 693 g/mol. The molecule has 0 bridgehead atoms. The van der Waals surface area contributed by atoms with E-state index in [4.69, 9.17) is 4.74 Å². The van der Waals surface area contributed by atoms with Gasteiger partial charge in [-0.3, -0.25) is 14.4 Å². The highest BCUT2D eigenvalue weighted by Gasteiger charge is 2.42. The number of likely N-dealkylation sites (tertiary alicyclic amines) is 1.